The topological polar surface area (TPSA) is 110 Å². The molecule has 30 heavy (non-hydrogen) atoms. The molecular formula is C18H17ClFN3O6S. The van der Waals surface area contributed by atoms with Crippen LogP contribution in [0.5, 0.6) is 5.75 Å². The lowest BCUT2D eigenvalue weighted by Gasteiger charge is -2.33. The number of carbonyl (C=O) groups is 1. The third-order valence-corrected chi connectivity index (χ3v) is 6.76. The third kappa shape index (κ3) is 4.69. The lowest BCUT2D eigenvalue weighted by atomic mass is 10.3. The zero-order chi connectivity index (χ0) is 21.9. The van der Waals surface area contributed by atoms with Crippen LogP contribution in [0.2, 0.25) is 5.02 Å². The number of para-hydroxylation sites is 1. The van der Waals surface area contributed by atoms with Gasteiger partial charge >= 0.3 is 0 Å². The molecule has 0 aromatic heterocycles. The van der Waals surface area contributed by atoms with Gasteiger partial charge < -0.3 is 9.64 Å². The molecule has 1 heterocycles. The minimum Gasteiger partial charge on any atom is -0.482 e. The molecular weight excluding hydrogens is 441 g/mol. The van der Waals surface area contributed by atoms with Crippen molar-refractivity contribution in [3.05, 3.63) is 63.4 Å². The molecule has 12 heteroatoms. The van der Waals surface area contributed by atoms with Gasteiger partial charge in [0.05, 0.1) is 9.95 Å². The molecule has 0 spiro atoms. The molecule has 3 rings (SSSR count). The molecule has 2 aromatic carbocycles. The maximum Gasteiger partial charge on any atom is 0.289 e. The van der Waals surface area contributed by atoms with Crippen molar-refractivity contribution in [2.45, 2.75) is 4.90 Å². The van der Waals surface area contributed by atoms with Crippen LogP contribution >= 0.6 is 11.6 Å². The lowest BCUT2D eigenvalue weighted by Crippen LogP contribution is -2.51. The molecule has 0 N–H and O–H groups in total. The van der Waals surface area contributed by atoms with E-state index >= 15 is 0 Å². The number of ether oxygens (including phenoxy) is 1. The van der Waals surface area contributed by atoms with Gasteiger partial charge in [0.25, 0.3) is 11.6 Å². The summed E-state index contributed by atoms with van der Waals surface area (Å²) in [6, 6.07) is 8.64. The zero-order valence-corrected chi connectivity index (χ0v) is 17.1. The quantitative estimate of drug-likeness (QED) is 0.486. The van der Waals surface area contributed by atoms with E-state index in [2.05, 4.69) is 0 Å². The van der Waals surface area contributed by atoms with Gasteiger partial charge in [0.1, 0.15) is 11.6 Å². The number of nitrogens with zero attached hydrogens (tertiary/aromatic N) is 3. The smallest absolute Gasteiger partial charge is 0.289 e. The second kappa shape index (κ2) is 8.94. The van der Waals surface area contributed by atoms with Gasteiger partial charge in [-0.05, 0) is 24.3 Å². The average Bonchev–Trinajstić information content (AvgIpc) is 2.73. The Kier molecular flexibility index (Phi) is 6.54. The van der Waals surface area contributed by atoms with Gasteiger partial charge in [0.15, 0.2) is 11.5 Å². The van der Waals surface area contributed by atoms with Gasteiger partial charge in [-0.15, -0.1) is 0 Å². The summed E-state index contributed by atoms with van der Waals surface area (Å²) in [5.41, 5.74) is -0.499. The fraction of sp³-hybridized carbons (Fsp3) is 0.278. The number of sulfonamides is 1. The first kappa shape index (κ1) is 21.9. The summed E-state index contributed by atoms with van der Waals surface area (Å²) in [5, 5.41) is 11.2. The van der Waals surface area contributed by atoms with Crippen molar-refractivity contribution in [3.8, 4) is 5.75 Å². The van der Waals surface area contributed by atoms with E-state index in [-0.39, 0.29) is 48.5 Å². The van der Waals surface area contributed by atoms with Crippen LogP contribution in [-0.2, 0) is 14.8 Å². The summed E-state index contributed by atoms with van der Waals surface area (Å²) in [4.78, 5) is 23.8. The molecule has 0 unspecified atom stereocenters. The maximum atomic E-state index is 13.1. The van der Waals surface area contributed by atoms with Crippen LogP contribution in [-0.4, -0.2) is 61.2 Å². The number of rotatable bonds is 6. The predicted octanol–water partition coefficient (Wildman–Crippen LogP) is 2.30. The van der Waals surface area contributed by atoms with Gasteiger partial charge in [-0.25, -0.2) is 12.8 Å². The molecule has 0 aliphatic carbocycles. The van der Waals surface area contributed by atoms with Gasteiger partial charge in [-0.2, -0.15) is 4.31 Å². The molecule has 9 nitrogen and oxygen atoms in total. The number of hydrogen-bond donors (Lipinski definition) is 0. The molecule has 0 atom stereocenters. The number of amides is 1. The van der Waals surface area contributed by atoms with E-state index in [0.717, 1.165) is 22.5 Å². The van der Waals surface area contributed by atoms with E-state index in [1.165, 1.54) is 29.2 Å². The summed E-state index contributed by atoms with van der Waals surface area (Å²) in [6.45, 7) is -0.185. The summed E-state index contributed by atoms with van der Waals surface area (Å²) in [5.74, 6) is -0.767. The Hall–Kier alpha value is -2.76. The number of halogens is 2. The molecule has 1 saturated heterocycles. The Bertz CT molecular complexity index is 1070. The zero-order valence-electron chi connectivity index (χ0n) is 15.5. The number of hydrogen-bond acceptors (Lipinski definition) is 6. The monoisotopic (exact) mass is 457 g/mol. The van der Waals surface area contributed by atoms with Crippen molar-refractivity contribution in [3.63, 3.8) is 0 Å². The highest BCUT2D eigenvalue weighted by molar-refractivity contribution is 7.89. The van der Waals surface area contributed by atoms with Crippen molar-refractivity contribution in [2.24, 2.45) is 0 Å². The highest BCUT2D eigenvalue weighted by Crippen LogP contribution is 2.27. The molecule has 1 aliphatic rings. The second-order valence-corrected chi connectivity index (χ2v) is 8.69. The van der Waals surface area contributed by atoms with Crippen molar-refractivity contribution in [2.75, 3.05) is 32.8 Å². The highest BCUT2D eigenvalue weighted by atomic mass is 35.5. The number of benzene rings is 2. The Balaban J connectivity index is 1.61. The fourth-order valence-corrected chi connectivity index (χ4v) is 4.77. The first-order chi connectivity index (χ1) is 14.2. The normalized spacial score (nSPS) is 15.1. The molecule has 0 bridgehead atoms. The molecule has 0 saturated carbocycles. The van der Waals surface area contributed by atoms with Crippen LogP contribution in [0.1, 0.15) is 0 Å². The lowest BCUT2D eigenvalue weighted by molar-refractivity contribution is -0.387. The van der Waals surface area contributed by atoms with Crippen LogP contribution < -0.4 is 4.74 Å². The van der Waals surface area contributed by atoms with Crippen LogP contribution in [0.3, 0.4) is 0 Å². The molecule has 1 aliphatic heterocycles. The largest absolute Gasteiger partial charge is 0.482 e. The first-order valence-electron chi connectivity index (χ1n) is 8.79. The minimum absolute atomic E-state index is 0.0164. The van der Waals surface area contributed by atoms with E-state index in [4.69, 9.17) is 16.3 Å². The van der Waals surface area contributed by atoms with Gasteiger partial charge in [-0.1, -0.05) is 23.7 Å². The van der Waals surface area contributed by atoms with Crippen molar-refractivity contribution in [1.29, 1.82) is 0 Å². The highest BCUT2D eigenvalue weighted by Gasteiger charge is 2.34. The number of nitro benzene ring substituents is 1. The van der Waals surface area contributed by atoms with E-state index in [0.29, 0.717) is 0 Å². The summed E-state index contributed by atoms with van der Waals surface area (Å²) in [7, 11) is -4.08. The molecule has 2 aromatic rings. The average molecular weight is 458 g/mol. The van der Waals surface area contributed by atoms with Crippen molar-refractivity contribution >= 4 is 33.2 Å². The Labute approximate surface area is 176 Å². The SMILES string of the molecule is O=C(COc1ccc(F)cc1Cl)N1CCN(S(=O)(=O)c2ccccc2[N+](=O)[O-])CC1. The van der Waals surface area contributed by atoms with Crippen LogP contribution in [0, 0.1) is 15.9 Å². The Morgan fingerprint density at radius 3 is 2.47 bits per heavy atom. The molecule has 0 radical (unpaired) electrons. The van der Waals surface area contributed by atoms with Gasteiger partial charge in [0, 0.05) is 32.2 Å². The minimum atomic E-state index is -4.08. The predicted molar refractivity (Wildman–Crippen MR) is 105 cm³/mol. The molecule has 160 valence electrons. The summed E-state index contributed by atoms with van der Waals surface area (Å²) >= 11 is 5.85. The summed E-state index contributed by atoms with van der Waals surface area (Å²) in [6.07, 6.45) is 0. The maximum absolute atomic E-state index is 13.1. The Morgan fingerprint density at radius 1 is 1.17 bits per heavy atom. The fourth-order valence-electron chi connectivity index (χ4n) is 2.97. The van der Waals surface area contributed by atoms with Crippen molar-refractivity contribution in [1.82, 2.24) is 9.21 Å². The molecule has 1 amide bonds. The standard InChI is InChI=1S/C18H17ClFN3O6S/c19-14-11-13(20)5-6-16(14)29-12-18(24)21-7-9-22(10-8-21)30(27,28)17-4-2-1-3-15(17)23(25)26/h1-6,11H,7-10,12H2. The summed E-state index contributed by atoms with van der Waals surface area (Å²) < 4.78 is 45.1. The number of nitro groups is 1. The third-order valence-electron chi connectivity index (χ3n) is 4.52. The van der Waals surface area contributed by atoms with E-state index < -0.39 is 32.4 Å². The second-order valence-electron chi connectivity index (χ2n) is 6.37. The molecule has 1 fully saturated rings. The van der Waals surface area contributed by atoms with Crippen molar-refractivity contribution < 1.29 is 27.3 Å². The van der Waals surface area contributed by atoms with E-state index in [9.17, 15) is 27.7 Å². The van der Waals surface area contributed by atoms with Crippen LogP contribution in [0.15, 0.2) is 47.4 Å². The van der Waals surface area contributed by atoms with Crippen LogP contribution in [0.25, 0.3) is 0 Å². The Morgan fingerprint density at radius 2 is 1.83 bits per heavy atom. The van der Waals surface area contributed by atoms with Crippen LogP contribution in [0.4, 0.5) is 10.1 Å². The number of piperazine rings is 1. The van der Waals surface area contributed by atoms with E-state index in [1.54, 1.807) is 0 Å². The number of carbonyl (C=O) groups excluding carboxylic acids is 1. The first-order valence-corrected chi connectivity index (χ1v) is 10.6. The van der Waals surface area contributed by atoms with Gasteiger partial charge in [-0.3, -0.25) is 14.9 Å². The van der Waals surface area contributed by atoms with E-state index in [1.807, 2.05) is 0 Å². The van der Waals surface area contributed by atoms with Gasteiger partial charge in [0.2, 0.25) is 10.0 Å².